The Hall–Kier alpha value is -5.48. The third-order valence-corrected chi connectivity index (χ3v) is 8.06. The van der Waals surface area contributed by atoms with Crippen molar-refractivity contribution >= 4 is 49.5 Å². The Morgan fingerprint density at radius 1 is 0.591 bits per heavy atom. The summed E-state index contributed by atoms with van der Waals surface area (Å²) in [6.07, 6.45) is 3.70. The average Bonchev–Trinajstić information content (AvgIpc) is 3.64. The quantitative estimate of drug-likeness (QED) is 0.210. The van der Waals surface area contributed by atoms with Crippen molar-refractivity contribution in [1.29, 1.82) is 0 Å². The molecule has 0 saturated heterocycles. The minimum atomic E-state index is 0.483. The van der Waals surface area contributed by atoms with Gasteiger partial charge in [-0.25, -0.2) is 0 Å². The molecule has 0 spiro atoms. The Labute approximate surface area is 256 Å². The summed E-state index contributed by atoms with van der Waals surface area (Å²) in [7, 11) is 0. The van der Waals surface area contributed by atoms with Crippen molar-refractivity contribution < 1.29 is 8.83 Å². The van der Waals surface area contributed by atoms with Gasteiger partial charge in [0, 0.05) is 45.1 Å². The van der Waals surface area contributed by atoms with Crippen molar-refractivity contribution in [2.24, 2.45) is 0 Å². The number of aromatic nitrogens is 2. The van der Waals surface area contributed by atoms with E-state index < -0.39 is 0 Å². The van der Waals surface area contributed by atoms with Gasteiger partial charge >= 0.3 is 0 Å². The molecule has 0 atom stereocenters. The zero-order chi connectivity index (χ0) is 30.2. The number of fused-ring (bicyclic) bond motifs is 6. The van der Waals surface area contributed by atoms with E-state index in [1.54, 1.807) is 0 Å². The molecule has 0 radical (unpaired) electrons. The second-order valence-corrected chi connectivity index (χ2v) is 11.4. The van der Waals surface area contributed by atoms with Crippen LogP contribution in [0, 0.1) is 0 Å². The number of furan rings is 2. The predicted octanol–water partition coefficient (Wildman–Crippen LogP) is 11.5. The van der Waals surface area contributed by atoms with Crippen molar-refractivity contribution in [1.82, 2.24) is 9.97 Å². The summed E-state index contributed by atoms with van der Waals surface area (Å²) >= 11 is 0. The van der Waals surface area contributed by atoms with Gasteiger partial charge in [0.25, 0.3) is 0 Å². The van der Waals surface area contributed by atoms with Crippen LogP contribution in [0.5, 0.6) is 0 Å². The van der Waals surface area contributed by atoms with E-state index >= 15 is 0 Å². The zero-order valence-electron chi connectivity index (χ0n) is 25.0. The van der Waals surface area contributed by atoms with Gasteiger partial charge in [-0.1, -0.05) is 86.7 Å². The van der Waals surface area contributed by atoms with Crippen molar-refractivity contribution in [3.05, 3.63) is 139 Å². The Bertz CT molecular complexity index is 2300. The number of hydrogen-bond acceptors (Lipinski definition) is 4. The molecule has 8 rings (SSSR count). The Morgan fingerprint density at radius 3 is 1.64 bits per heavy atom. The van der Waals surface area contributed by atoms with Crippen LogP contribution in [-0.4, -0.2) is 9.97 Å². The topological polar surface area (TPSA) is 52.1 Å². The fourth-order valence-electron chi connectivity index (χ4n) is 5.69. The molecular weight excluding hydrogens is 540 g/mol. The molecule has 4 aromatic heterocycles. The maximum Gasteiger partial charge on any atom is 0.144 e. The van der Waals surface area contributed by atoms with Crippen LogP contribution in [0.3, 0.4) is 0 Å². The molecule has 0 amide bonds. The van der Waals surface area contributed by atoms with Crippen LogP contribution in [0.15, 0.2) is 137 Å². The van der Waals surface area contributed by atoms with Crippen molar-refractivity contribution in [3.63, 3.8) is 0 Å². The maximum absolute atomic E-state index is 6.10. The minimum Gasteiger partial charge on any atom is -0.455 e. The Morgan fingerprint density at radius 2 is 1.09 bits per heavy atom. The van der Waals surface area contributed by atoms with E-state index in [4.69, 9.17) is 8.83 Å². The molecular formula is C40H32N2O2. The zero-order valence-corrected chi connectivity index (χ0v) is 25.0. The predicted molar refractivity (Wildman–Crippen MR) is 183 cm³/mol. The second-order valence-electron chi connectivity index (χ2n) is 11.4. The summed E-state index contributed by atoms with van der Waals surface area (Å²) in [6.45, 7) is 10.4. The molecule has 4 heterocycles. The van der Waals surface area contributed by atoms with Gasteiger partial charge in [-0.15, -0.1) is 0 Å². The van der Waals surface area contributed by atoms with Crippen LogP contribution >= 0.6 is 0 Å². The first kappa shape index (κ1) is 27.4. The summed E-state index contributed by atoms with van der Waals surface area (Å²) in [5, 5.41) is 4.55. The van der Waals surface area contributed by atoms with Crippen LogP contribution in [0.4, 0.5) is 0 Å². The van der Waals surface area contributed by atoms with Crippen LogP contribution in [0.1, 0.15) is 37.8 Å². The fraction of sp³-hybridized carbons (Fsp3) is 0.100. The molecule has 0 unspecified atom stereocenters. The van der Waals surface area contributed by atoms with E-state index in [0.29, 0.717) is 5.92 Å². The van der Waals surface area contributed by atoms with E-state index in [9.17, 15) is 0 Å². The lowest BCUT2D eigenvalue weighted by Gasteiger charge is -2.07. The Kier molecular flexibility index (Phi) is 7.03. The standard InChI is InChI=1S/C20H17NO.C20H15NO/c2*1-13(2)14-10-11-21-18(12-14)17-8-5-7-16-15-6-3-4-9-19(15)22-20(16)17/h3-13H,1-2H3;3-12H,1H2,2H3. The van der Waals surface area contributed by atoms with Gasteiger partial charge < -0.3 is 8.83 Å². The highest BCUT2D eigenvalue weighted by atomic mass is 16.3. The number of hydrogen-bond donors (Lipinski definition) is 0. The number of allylic oxidation sites excluding steroid dienone is 1. The molecule has 0 aliphatic carbocycles. The van der Waals surface area contributed by atoms with E-state index in [1.165, 1.54) is 5.56 Å². The highest BCUT2D eigenvalue weighted by molar-refractivity contribution is 6.10. The molecule has 4 nitrogen and oxygen atoms in total. The smallest absolute Gasteiger partial charge is 0.144 e. The lowest BCUT2D eigenvalue weighted by molar-refractivity contribution is 0.669. The summed E-state index contributed by atoms with van der Waals surface area (Å²) < 4.78 is 12.2. The summed E-state index contributed by atoms with van der Waals surface area (Å²) in [4.78, 5) is 9.06. The first-order valence-corrected chi connectivity index (χ1v) is 14.9. The van der Waals surface area contributed by atoms with Gasteiger partial charge in [-0.05, 0) is 72.5 Å². The van der Waals surface area contributed by atoms with Crippen LogP contribution in [0.25, 0.3) is 72.0 Å². The van der Waals surface area contributed by atoms with Gasteiger partial charge in [0.1, 0.15) is 22.3 Å². The van der Waals surface area contributed by atoms with Gasteiger partial charge in [0.15, 0.2) is 0 Å². The average molecular weight is 573 g/mol. The molecule has 8 aromatic rings. The normalized spacial score (nSPS) is 11.4. The molecule has 0 aliphatic rings. The lowest BCUT2D eigenvalue weighted by atomic mass is 10.0. The number of pyridine rings is 2. The number of benzene rings is 4. The molecule has 0 aliphatic heterocycles. The highest BCUT2D eigenvalue weighted by Crippen LogP contribution is 2.36. The van der Waals surface area contributed by atoms with Crippen molar-refractivity contribution in [2.45, 2.75) is 26.7 Å². The van der Waals surface area contributed by atoms with Crippen LogP contribution in [0.2, 0.25) is 0 Å². The van der Waals surface area contributed by atoms with Gasteiger partial charge in [0.05, 0.1) is 11.4 Å². The SMILES string of the molecule is C=C(C)c1ccnc(-c2cccc3c2oc2ccccc23)c1.CC(C)c1ccnc(-c2cccc3c2oc2ccccc23)c1. The molecule has 4 aromatic carbocycles. The van der Waals surface area contributed by atoms with Gasteiger partial charge in [-0.2, -0.15) is 0 Å². The molecule has 0 saturated carbocycles. The largest absolute Gasteiger partial charge is 0.455 e. The minimum absolute atomic E-state index is 0.483. The maximum atomic E-state index is 6.10. The highest BCUT2D eigenvalue weighted by Gasteiger charge is 2.14. The van der Waals surface area contributed by atoms with E-state index in [-0.39, 0.29) is 0 Å². The summed E-state index contributed by atoms with van der Waals surface area (Å²) in [6, 6.07) is 37.0. The third-order valence-electron chi connectivity index (χ3n) is 8.06. The molecule has 214 valence electrons. The van der Waals surface area contributed by atoms with E-state index in [0.717, 1.165) is 77.5 Å². The molecule has 0 fully saturated rings. The van der Waals surface area contributed by atoms with Crippen LogP contribution < -0.4 is 0 Å². The molecule has 44 heavy (non-hydrogen) atoms. The van der Waals surface area contributed by atoms with Gasteiger partial charge in [0.2, 0.25) is 0 Å². The van der Waals surface area contributed by atoms with Crippen molar-refractivity contribution in [2.75, 3.05) is 0 Å². The first-order chi connectivity index (χ1) is 21.5. The van der Waals surface area contributed by atoms with E-state index in [2.05, 4.69) is 97.1 Å². The number of rotatable bonds is 4. The monoisotopic (exact) mass is 572 g/mol. The fourth-order valence-corrected chi connectivity index (χ4v) is 5.69. The van der Waals surface area contributed by atoms with Crippen LogP contribution in [-0.2, 0) is 0 Å². The third kappa shape index (κ3) is 4.95. The van der Waals surface area contributed by atoms with Crippen molar-refractivity contribution in [3.8, 4) is 22.5 Å². The summed E-state index contributed by atoms with van der Waals surface area (Å²) in [5.41, 5.74) is 11.0. The second kappa shape index (κ2) is 11.3. The lowest BCUT2D eigenvalue weighted by Crippen LogP contribution is -1.90. The summed E-state index contributed by atoms with van der Waals surface area (Å²) in [5.74, 6) is 0.483. The number of para-hydroxylation sites is 4. The van der Waals surface area contributed by atoms with E-state index in [1.807, 2.05) is 61.8 Å². The van der Waals surface area contributed by atoms with Gasteiger partial charge in [-0.3, -0.25) is 9.97 Å². The first-order valence-electron chi connectivity index (χ1n) is 14.9. The molecule has 0 bridgehead atoms. The molecule has 4 heteroatoms. The molecule has 0 N–H and O–H groups in total. The number of nitrogens with zero attached hydrogens (tertiary/aromatic N) is 2. The Balaban J connectivity index is 0.000000142.